The quantitative estimate of drug-likeness (QED) is 0.906. The second kappa shape index (κ2) is 6.39. The number of benzene rings is 1. The average molecular weight is 349 g/mol. The summed E-state index contributed by atoms with van der Waals surface area (Å²) < 4.78 is 27.4. The van der Waals surface area contributed by atoms with E-state index in [4.69, 9.17) is 0 Å². The Balaban J connectivity index is 1.77. The molecular formula is C17H20FN3O2S. The molecule has 1 aliphatic heterocycles. The number of aromatic nitrogens is 1. The normalized spacial score (nSPS) is 20.0. The van der Waals surface area contributed by atoms with Crippen molar-refractivity contribution >= 4 is 22.5 Å². The molecule has 0 spiro atoms. The maximum Gasteiger partial charge on any atom is 0.322 e. The molecule has 0 unspecified atom stereocenters. The van der Waals surface area contributed by atoms with E-state index in [2.05, 4.69) is 5.32 Å². The molecule has 0 radical (unpaired) electrons. The lowest BCUT2D eigenvalue weighted by atomic mass is 10.2. The van der Waals surface area contributed by atoms with Crippen LogP contribution in [0.15, 0.2) is 42.7 Å². The first-order valence-corrected chi connectivity index (χ1v) is 9.06. The first-order chi connectivity index (χ1) is 11.4. The van der Waals surface area contributed by atoms with Crippen LogP contribution in [-0.2, 0) is 10.8 Å². The van der Waals surface area contributed by atoms with Gasteiger partial charge in [0.05, 0.1) is 10.4 Å². The second-order valence-corrected chi connectivity index (χ2v) is 8.62. The fourth-order valence-electron chi connectivity index (χ4n) is 2.72. The van der Waals surface area contributed by atoms with E-state index in [1.54, 1.807) is 17.0 Å². The summed E-state index contributed by atoms with van der Waals surface area (Å²) in [5, 5.41) is 2.63. The van der Waals surface area contributed by atoms with E-state index in [1.807, 2.05) is 42.9 Å². The number of amides is 2. The lowest BCUT2D eigenvalue weighted by Crippen LogP contribution is -2.53. The van der Waals surface area contributed by atoms with Gasteiger partial charge in [-0.1, -0.05) is 0 Å². The van der Waals surface area contributed by atoms with Crippen molar-refractivity contribution < 1.29 is 13.4 Å². The summed E-state index contributed by atoms with van der Waals surface area (Å²) >= 11 is 0. The Hall–Kier alpha value is -2.15. The molecule has 1 atom stereocenters. The molecule has 5 nitrogen and oxygen atoms in total. The number of hydrogen-bond donors (Lipinski definition) is 1. The van der Waals surface area contributed by atoms with Gasteiger partial charge in [-0.3, -0.25) is 4.21 Å². The van der Waals surface area contributed by atoms with Crippen LogP contribution in [0, 0.1) is 5.82 Å². The van der Waals surface area contributed by atoms with E-state index in [0.29, 0.717) is 18.8 Å². The number of nitrogens with zero attached hydrogens (tertiary/aromatic N) is 2. The Bertz CT molecular complexity index is 774. The van der Waals surface area contributed by atoms with Crippen molar-refractivity contribution in [3.8, 4) is 5.69 Å². The fourth-order valence-corrected chi connectivity index (χ4v) is 3.96. The summed E-state index contributed by atoms with van der Waals surface area (Å²) in [5.41, 5.74) is 0.896. The Morgan fingerprint density at radius 2 is 2.00 bits per heavy atom. The van der Waals surface area contributed by atoms with E-state index in [0.717, 1.165) is 5.69 Å². The van der Waals surface area contributed by atoms with Crippen LogP contribution in [0.5, 0.6) is 0 Å². The molecule has 1 saturated heterocycles. The third-order valence-corrected chi connectivity index (χ3v) is 6.03. The summed E-state index contributed by atoms with van der Waals surface area (Å²) in [6.07, 6.45) is 3.70. The van der Waals surface area contributed by atoms with Crippen LogP contribution in [0.2, 0.25) is 0 Å². The molecule has 3 rings (SSSR count). The van der Waals surface area contributed by atoms with Crippen LogP contribution in [-0.4, -0.2) is 43.3 Å². The molecule has 0 bridgehead atoms. The number of hydrogen-bond acceptors (Lipinski definition) is 2. The molecule has 1 aromatic carbocycles. The molecular weight excluding hydrogens is 329 g/mol. The highest BCUT2D eigenvalue weighted by Gasteiger charge is 2.35. The molecule has 128 valence electrons. The van der Waals surface area contributed by atoms with Gasteiger partial charge in [0.2, 0.25) is 0 Å². The van der Waals surface area contributed by atoms with Gasteiger partial charge >= 0.3 is 6.03 Å². The van der Waals surface area contributed by atoms with Crippen molar-refractivity contribution in [3.63, 3.8) is 0 Å². The van der Waals surface area contributed by atoms with Crippen LogP contribution < -0.4 is 5.32 Å². The molecule has 7 heteroatoms. The van der Waals surface area contributed by atoms with E-state index < -0.39 is 21.4 Å². The molecule has 1 aliphatic rings. The summed E-state index contributed by atoms with van der Waals surface area (Å²) in [6, 6.07) is 7.96. The number of halogens is 1. The number of rotatable bonds is 2. The second-order valence-electron chi connectivity index (χ2n) is 6.42. The lowest BCUT2D eigenvalue weighted by molar-refractivity contribution is 0.207. The molecule has 1 aromatic heterocycles. The van der Waals surface area contributed by atoms with Crippen molar-refractivity contribution in [2.75, 3.05) is 24.2 Å². The molecule has 0 saturated carbocycles. The predicted molar refractivity (Wildman–Crippen MR) is 93.4 cm³/mol. The van der Waals surface area contributed by atoms with Crippen LogP contribution in [0.4, 0.5) is 14.9 Å². The summed E-state index contributed by atoms with van der Waals surface area (Å²) in [5.74, 6) is -0.0501. The van der Waals surface area contributed by atoms with E-state index in [1.165, 1.54) is 6.07 Å². The Morgan fingerprint density at radius 1 is 1.29 bits per heavy atom. The van der Waals surface area contributed by atoms with Crippen LogP contribution in [0.25, 0.3) is 5.69 Å². The van der Waals surface area contributed by atoms with Gasteiger partial charge in [-0.2, -0.15) is 0 Å². The Morgan fingerprint density at radius 3 is 2.67 bits per heavy atom. The zero-order valence-electron chi connectivity index (χ0n) is 13.7. The van der Waals surface area contributed by atoms with Crippen molar-refractivity contribution in [1.29, 1.82) is 0 Å². The Labute approximate surface area is 142 Å². The van der Waals surface area contributed by atoms with Crippen LogP contribution in [0.1, 0.15) is 13.8 Å². The van der Waals surface area contributed by atoms with Gasteiger partial charge in [-0.05, 0) is 44.2 Å². The monoisotopic (exact) mass is 349 g/mol. The number of nitrogens with one attached hydrogen (secondary N) is 1. The molecule has 1 N–H and O–H groups in total. The van der Waals surface area contributed by atoms with Gasteiger partial charge in [-0.25, -0.2) is 9.18 Å². The molecule has 2 amide bonds. The molecule has 0 aliphatic carbocycles. The van der Waals surface area contributed by atoms with Gasteiger partial charge < -0.3 is 14.8 Å². The predicted octanol–water partition coefficient (Wildman–Crippen LogP) is 2.99. The minimum absolute atomic E-state index is 0.135. The first-order valence-electron chi connectivity index (χ1n) is 7.74. The van der Waals surface area contributed by atoms with Crippen molar-refractivity contribution in [3.05, 3.63) is 48.5 Å². The number of anilines is 1. The number of carbonyl (C=O) groups excluding carboxylic acids is 1. The highest BCUT2D eigenvalue weighted by Crippen LogP contribution is 2.23. The topological polar surface area (TPSA) is 54.3 Å². The standard InChI is InChI=1S/C17H20FN3O2S/c1-17(2)12-21(9-10-24(17)23)16(22)19-15-11-13(5-6-14(15)18)20-7-3-4-8-20/h3-8,11H,9-10,12H2,1-2H3,(H,19,22)/t24-/m1/s1. The van der Waals surface area contributed by atoms with Gasteiger partial charge in [0.25, 0.3) is 0 Å². The van der Waals surface area contributed by atoms with Crippen molar-refractivity contribution in [1.82, 2.24) is 9.47 Å². The highest BCUT2D eigenvalue weighted by molar-refractivity contribution is 7.86. The molecule has 24 heavy (non-hydrogen) atoms. The van der Waals surface area contributed by atoms with E-state index >= 15 is 0 Å². The molecule has 2 heterocycles. The van der Waals surface area contributed by atoms with Gasteiger partial charge in [-0.15, -0.1) is 0 Å². The smallest absolute Gasteiger partial charge is 0.322 e. The third kappa shape index (κ3) is 3.36. The highest BCUT2D eigenvalue weighted by atomic mass is 32.2. The zero-order valence-corrected chi connectivity index (χ0v) is 14.5. The fraction of sp³-hybridized carbons (Fsp3) is 0.353. The lowest BCUT2D eigenvalue weighted by Gasteiger charge is -2.37. The van der Waals surface area contributed by atoms with Gasteiger partial charge in [0, 0.05) is 47.7 Å². The summed E-state index contributed by atoms with van der Waals surface area (Å²) in [6.45, 7) is 4.52. The van der Waals surface area contributed by atoms with Crippen LogP contribution in [0.3, 0.4) is 0 Å². The van der Waals surface area contributed by atoms with Crippen molar-refractivity contribution in [2.45, 2.75) is 18.6 Å². The first kappa shape index (κ1) is 16.7. The minimum Gasteiger partial charge on any atom is -0.324 e. The largest absolute Gasteiger partial charge is 0.324 e. The maximum absolute atomic E-state index is 14.1. The molecule has 2 aromatic rings. The summed E-state index contributed by atoms with van der Waals surface area (Å²) in [4.78, 5) is 14.0. The average Bonchev–Trinajstić information content (AvgIpc) is 3.06. The van der Waals surface area contributed by atoms with E-state index in [-0.39, 0.29) is 11.7 Å². The third-order valence-electron chi connectivity index (χ3n) is 4.12. The summed E-state index contributed by atoms with van der Waals surface area (Å²) in [7, 11) is -0.962. The number of urea groups is 1. The van der Waals surface area contributed by atoms with Gasteiger partial charge in [0.1, 0.15) is 5.82 Å². The maximum atomic E-state index is 14.1. The number of carbonyl (C=O) groups is 1. The van der Waals surface area contributed by atoms with Crippen molar-refractivity contribution in [2.24, 2.45) is 0 Å². The van der Waals surface area contributed by atoms with Gasteiger partial charge in [0.15, 0.2) is 0 Å². The molecule has 1 fully saturated rings. The SMILES string of the molecule is CC1(C)CN(C(=O)Nc2cc(-n3cccc3)ccc2F)CC[S@]1=O. The zero-order chi connectivity index (χ0) is 17.3. The Kier molecular flexibility index (Phi) is 4.45. The van der Waals surface area contributed by atoms with Crippen LogP contribution >= 0.6 is 0 Å². The van der Waals surface area contributed by atoms with E-state index in [9.17, 15) is 13.4 Å². The minimum atomic E-state index is -0.962.